The monoisotopic (exact) mass is 394 g/mol. The summed E-state index contributed by atoms with van der Waals surface area (Å²) >= 11 is 12.4. The third-order valence-corrected chi connectivity index (χ3v) is 7.12. The predicted molar refractivity (Wildman–Crippen MR) is 107 cm³/mol. The molecule has 5 heteroatoms. The maximum absolute atomic E-state index is 12.7. The first-order valence-electron chi connectivity index (χ1n) is 10.0. The van der Waals surface area contributed by atoms with E-state index in [0.29, 0.717) is 29.8 Å². The third kappa shape index (κ3) is 4.37. The number of benzene rings is 1. The molecule has 2 bridgehead atoms. The van der Waals surface area contributed by atoms with Crippen molar-refractivity contribution in [3.8, 4) is 0 Å². The quantitative estimate of drug-likeness (QED) is 0.802. The molecule has 0 saturated carbocycles. The molecular weight excluding hydrogens is 367 g/mol. The van der Waals surface area contributed by atoms with Crippen molar-refractivity contribution >= 4 is 29.1 Å². The molecule has 2 unspecified atom stereocenters. The fourth-order valence-electron chi connectivity index (χ4n) is 5.12. The zero-order valence-electron chi connectivity index (χ0n) is 15.2. The second kappa shape index (κ2) is 8.08. The van der Waals surface area contributed by atoms with Crippen LogP contribution in [0.15, 0.2) is 18.2 Å². The number of hydrogen-bond acceptors (Lipinski definition) is 2. The molecule has 0 radical (unpaired) electrons. The average Bonchev–Trinajstić information content (AvgIpc) is 2.97. The van der Waals surface area contributed by atoms with E-state index in [1.165, 1.54) is 25.7 Å². The summed E-state index contributed by atoms with van der Waals surface area (Å²) in [5.74, 6) is 1.55. The van der Waals surface area contributed by atoms with Gasteiger partial charge in [-0.15, -0.1) is 0 Å². The van der Waals surface area contributed by atoms with E-state index in [4.69, 9.17) is 23.2 Å². The Balaban J connectivity index is 1.25. The summed E-state index contributed by atoms with van der Waals surface area (Å²) in [6.45, 7) is 1.78. The van der Waals surface area contributed by atoms with Crippen molar-refractivity contribution in [2.45, 2.75) is 63.5 Å². The van der Waals surface area contributed by atoms with E-state index < -0.39 is 0 Å². The normalized spacial score (nSPS) is 29.2. The summed E-state index contributed by atoms with van der Waals surface area (Å²) in [7, 11) is 0. The van der Waals surface area contributed by atoms with Crippen molar-refractivity contribution in [1.82, 2.24) is 10.2 Å². The van der Waals surface area contributed by atoms with Gasteiger partial charge in [-0.2, -0.15) is 0 Å². The SMILES string of the molecule is O=C(CC1CC2CCC(C1)N2)N1CCC(Cc2cc(Cl)ccc2Cl)CC1. The lowest BCUT2D eigenvalue weighted by Crippen LogP contribution is -2.42. The van der Waals surface area contributed by atoms with Crippen LogP contribution in [0.5, 0.6) is 0 Å². The Labute approximate surface area is 166 Å². The van der Waals surface area contributed by atoms with Crippen LogP contribution in [0.25, 0.3) is 0 Å². The van der Waals surface area contributed by atoms with Crippen LogP contribution in [0.4, 0.5) is 0 Å². The Morgan fingerprint density at radius 2 is 1.73 bits per heavy atom. The van der Waals surface area contributed by atoms with Crippen LogP contribution in [0, 0.1) is 11.8 Å². The zero-order chi connectivity index (χ0) is 18.1. The van der Waals surface area contributed by atoms with Gasteiger partial charge in [-0.25, -0.2) is 0 Å². The first-order valence-corrected chi connectivity index (χ1v) is 10.8. The molecule has 142 valence electrons. The van der Waals surface area contributed by atoms with Crippen molar-refractivity contribution in [2.24, 2.45) is 11.8 Å². The molecule has 26 heavy (non-hydrogen) atoms. The fourth-order valence-corrected chi connectivity index (χ4v) is 5.50. The number of piperidine rings is 2. The number of hydrogen-bond donors (Lipinski definition) is 1. The molecule has 4 rings (SSSR count). The van der Waals surface area contributed by atoms with E-state index in [0.717, 1.165) is 54.4 Å². The van der Waals surface area contributed by atoms with Crippen molar-refractivity contribution in [3.63, 3.8) is 0 Å². The van der Waals surface area contributed by atoms with Crippen molar-refractivity contribution < 1.29 is 4.79 Å². The molecule has 0 aliphatic carbocycles. The largest absolute Gasteiger partial charge is 0.343 e. The molecular formula is C21H28Cl2N2O. The number of likely N-dealkylation sites (tertiary alicyclic amines) is 1. The van der Waals surface area contributed by atoms with Gasteiger partial charge in [0, 0.05) is 41.6 Å². The standard InChI is InChI=1S/C21H28Cl2N2O/c22-17-1-4-20(23)16(13-17)9-14-5-7-25(8-6-14)21(26)12-15-10-18-2-3-19(11-15)24-18/h1,4,13-15,18-19,24H,2-3,5-12H2. The van der Waals surface area contributed by atoms with E-state index in [2.05, 4.69) is 10.2 Å². The van der Waals surface area contributed by atoms with E-state index >= 15 is 0 Å². The number of carbonyl (C=O) groups is 1. The molecule has 3 aliphatic rings. The average molecular weight is 395 g/mol. The van der Waals surface area contributed by atoms with E-state index in [1.807, 2.05) is 18.2 Å². The van der Waals surface area contributed by atoms with Gasteiger partial charge in [0.05, 0.1) is 0 Å². The Morgan fingerprint density at radius 3 is 2.42 bits per heavy atom. The number of nitrogens with one attached hydrogen (secondary N) is 1. The Morgan fingerprint density at radius 1 is 1.04 bits per heavy atom. The number of rotatable bonds is 4. The lowest BCUT2D eigenvalue weighted by Gasteiger charge is -2.34. The highest BCUT2D eigenvalue weighted by Crippen LogP contribution is 2.34. The van der Waals surface area contributed by atoms with Gasteiger partial charge < -0.3 is 10.2 Å². The number of amides is 1. The van der Waals surface area contributed by atoms with Gasteiger partial charge in [0.15, 0.2) is 0 Å². The minimum absolute atomic E-state index is 0.371. The fraction of sp³-hybridized carbons (Fsp3) is 0.667. The van der Waals surface area contributed by atoms with Gasteiger partial charge in [-0.05, 0) is 80.5 Å². The third-order valence-electron chi connectivity index (χ3n) is 6.52. The van der Waals surface area contributed by atoms with Crippen molar-refractivity contribution in [1.29, 1.82) is 0 Å². The zero-order valence-corrected chi connectivity index (χ0v) is 16.7. The topological polar surface area (TPSA) is 32.3 Å². The van der Waals surface area contributed by atoms with Gasteiger partial charge in [0.1, 0.15) is 0 Å². The minimum atomic E-state index is 0.371. The van der Waals surface area contributed by atoms with Crippen molar-refractivity contribution in [2.75, 3.05) is 13.1 Å². The molecule has 1 N–H and O–H groups in total. The molecule has 3 fully saturated rings. The first-order chi connectivity index (χ1) is 12.6. The van der Waals surface area contributed by atoms with Crippen molar-refractivity contribution in [3.05, 3.63) is 33.8 Å². The summed E-state index contributed by atoms with van der Waals surface area (Å²) in [5, 5.41) is 5.21. The van der Waals surface area contributed by atoms with Crippen LogP contribution < -0.4 is 5.32 Å². The van der Waals surface area contributed by atoms with E-state index in [-0.39, 0.29) is 0 Å². The molecule has 1 aromatic rings. The predicted octanol–water partition coefficient (Wildman–Crippen LogP) is 4.70. The minimum Gasteiger partial charge on any atom is -0.343 e. The molecule has 3 saturated heterocycles. The maximum atomic E-state index is 12.7. The number of carbonyl (C=O) groups excluding carboxylic acids is 1. The lowest BCUT2D eigenvalue weighted by atomic mass is 9.87. The Kier molecular flexibility index (Phi) is 5.78. The number of nitrogens with zero attached hydrogens (tertiary/aromatic N) is 1. The Hall–Kier alpha value is -0.770. The maximum Gasteiger partial charge on any atom is 0.222 e. The number of halogens is 2. The summed E-state index contributed by atoms with van der Waals surface area (Å²) in [4.78, 5) is 14.8. The van der Waals surface area contributed by atoms with Gasteiger partial charge in [0.2, 0.25) is 5.91 Å². The highest BCUT2D eigenvalue weighted by molar-refractivity contribution is 6.33. The molecule has 1 aromatic carbocycles. The summed E-state index contributed by atoms with van der Waals surface area (Å²) in [6.07, 6.45) is 8.80. The van der Waals surface area contributed by atoms with E-state index in [9.17, 15) is 4.79 Å². The van der Waals surface area contributed by atoms with Crippen LogP contribution in [-0.4, -0.2) is 36.0 Å². The smallest absolute Gasteiger partial charge is 0.222 e. The van der Waals surface area contributed by atoms with Gasteiger partial charge in [0.25, 0.3) is 0 Å². The van der Waals surface area contributed by atoms with Crippen LogP contribution >= 0.6 is 23.2 Å². The van der Waals surface area contributed by atoms with Gasteiger partial charge >= 0.3 is 0 Å². The second-order valence-electron chi connectivity index (χ2n) is 8.44. The molecule has 0 aromatic heterocycles. The van der Waals surface area contributed by atoms with Crippen LogP contribution in [0.2, 0.25) is 10.0 Å². The second-order valence-corrected chi connectivity index (χ2v) is 9.29. The molecule has 1 amide bonds. The molecule has 0 spiro atoms. The highest BCUT2D eigenvalue weighted by Gasteiger charge is 2.35. The van der Waals surface area contributed by atoms with Gasteiger partial charge in [-0.3, -0.25) is 4.79 Å². The molecule has 3 nitrogen and oxygen atoms in total. The van der Waals surface area contributed by atoms with E-state index in [1.54, 1.807) is 0 Å². The molecule has 3 aliphatic heterocycles. The van der Waals surface area contributed by atoms with Gasteiger partial charge in [-0.1, -0.05) is 23.2 Å². The van der Waals surface area contributed by atoms with Crippen LogP contribution in [0.3, 0.4) is 0 Å². The molecule has 2 atom stereocenters. The summed E-state index contributed by atoms with van der Waals surface area (Å²) in [6, 6.07) is 7.03. The van der Waals surface area contributed by atoms with Crippen LogP contribution in [0.1, 0.15) is 50.5 Å². The number of fused-ring (bicyclic) bond motifs is 2. The van der Waals surface area contributed by atoms with Crippen LogP contribution in [-0.2, 0) is 11.2 Å². The molecule has 3 heterocycles. The summed E-state index contributed by atoms with van der Waals surface area (Å²) < 4.78 is 0. The Bertz CT molecular complexity index is 645. The lowest BCUT2D eigenvalue weighted by molar-refractivity contribution is -0.133. The summed E-state index contributed by atoms with van der Waals surface area (Å²) in [5.41, 5.74) is 1.13. The first kappa shape index (κ1) is 18.6. The highest BCUT2D eigenvalue weighted by atomic mass is 35.5.